The van der Waals surface area contributed by atoms with Crippen molar-refractivity contribution >= 4 is 53.4 Å². The molecule has 0 aliphatic heterocycles. The molecule has 0 saturated heterocycles. The molecule has 0 radical (unpaired) electrons. The summed E-state index contributed by atoms with van der Waals surface area (Å²) in [7, 11) is -1.94. The first kappa shape index (κ1) is 15.3. The van der Waals surface area contributed by atoms with Gasteiger partial charge in [0, 0.05) is 22.2 Å². The number of aromatic nitrogens is 1. The normalized spacial score (nSPS) is 11.2. The number of hydrogen-bond donors (Lipinski definition) is 2. The van der Waals surface area contributed by atoms with Crippen LogP contribution in [0.5, 0.6) is 0 Å². The van der Waals surface area contributed by atoms with E-state index >= 15 is 0 Å². The number of benzene rings is 1. The first-order valence-electron chi connectivity index (χ1n) is 5.54. The maximum absolute atomic E-state index is 12.2. The third-order valence-corrected chi connectivity index (χ3v) is 4.98. The molecule has 20 heavy (non-hydrogen) atoms. The zero-order valence-corrected chi connectivity index (χ0v) is 14.4. The lowest BCUT2D eigenvalue weighted by atomic mass is 10.3. The molecule has 0 amide bonds. The van der Waals surface area contributed by atoms with Crippen LogP contribution < -0.4 is 10.0 Å². The van der Waals surface area contributed by atoms with Gasteiger partial charge in [-0.15, -0.1) is 0 Å². The molecule has 1 heterocycles. The van der Waals surface area contributed by atoms with Gasteiger partial charge in [0.25, 0.3) is 10.0 Å². The second-order valence-electron chi connectivity index (χ2n) is 3.86. The van der Waals surface area contributed by atoms with E-state index in [1.807, 2.05) is 0 Å². The molecule has 8 heteroatoms. The van der Waals surface area contributed by atoms with Crippen LogP contribution in [0.4, 0.5) is 11.5 Å². The minimum atomic E-state index is -3.66. The summed E-state index contributed by atoms with van der Waals surface area (Å²) in [4.78, 5) is 4.10. The lowest BCUT2D eigenvalue weighted by molar-refractivity contribution is 0.601. The third kappa shape index (κ3) is 3.50. The predicted octanol–water partition coefficient (Wildman–Crippen LogP) is 3.45. The topological polar surface area (TPSA) is 71.1 Å². The van der Waals surface area contributed by atoms with Gasteiger partial charge in [0.05, 0.1) is 5.69 Å². The Balaban J connectivity index is 2.30. The van der Waals surface area contributed by atoms with Gasteiger partial charge in [0.1, 0.15) is 10.7 Å². The Bertz CT molecular complexity index is 718. The van der Waals surface area contributed by atoms with E-state index in [0.29, 0.717) is 16.0 Å². The van der Waals surface area contributed by atoms with E-state index in [0.717, 1.165) is 4.47 Å². The summed E-state index contributed by atoms with van der Waals surface area (Å²) < 4.78 is 28.5. The van der Waals surface area contributed by atoms with E-state index in [2.05, 4.69) is 46.9 Å². The Hall–Kier alpha value is -1.12. The summed E-state index contributed by atoms with van der Waals surface area (Å²) in [6.07, 6.45) is 1.31. The molecule has 2 N–H and O–H groups in total. The first-order chi connectivity index (χ1) is 9.42. The molecule has 5 nitrogen and oxygen atoms in total. The van der Waals surface area contributed by atoms with Crippen LogP contribution in [-0.2, 0) is 10.0 Å². The zero-order valence-electron chi connectivity index (χ0n) is 10.4. The van der Waals surface area contributed by atoms with Gasteiger partial charge >= 0.3 is 0 Å². The highest BCUT2D eigenvalue weighted by Crippen LogP contribution is 2.28. The number of halogens is 2. The first-order valence-corrected chi connectivity index (χ1v) is 8.61. The van der Waals surface area contributed by atoms with Crippen molar-refractivity contribution in [2.24, 2.45) is 0 Å². The molecule has 0 spiro atoms. The highest BCUT2D eigenvalue weighted by molar-refractivity contribution is 9.11. The molecule has 0 aliphatic carbocycles. The molecular weight excluding hydrogens is 410 g/mol. The van der Waals surface area contributed by atoms with Gasteiger partial charge in [-0.2, -0.15) is 0 Å². The summed E-state index contributed by atoms with van der Waals surface area (Å²) in [5.74, 6) is 0.605. The fraction of sp³-hybridized carbons (Fsp3) is 0.0833. The Kier molecular flexibility index (Phi) is 4.66. The van der Waals surface area contributed by atoms with Gasteiger partial charge in [-0.25, -0.2) is 13.4 Å². The van der Waals surface area contributed by atoms with E-state index in [1.165, 1.54) is 12.3 Å². The highest BCUT2D eigenvalue weighted by atomic mass is 79.9. The summed E-state index contributed by atoms with van der Waals surface area (Å²) in [5, 5.41) is 2.83. The van der Waals surface area contributed by atoms with Crippen LogP contribution in [0.15, 0.2) is 50.4 Å². The third-order valence-electron chi connectivity index (χ3n) is 2.48. The standard InChI is InChI=1S/C12H11Br2N3O2S/c1-15-12-5-3-9(7-16-12)20(18,19)17-11-4-2-8(13)6-10(11)14/h2-7,17H,1H3,(H,15,16). The van der Waals surface area contributed by atoms with Crippen molar-refractivity contribution in [1.82, 2.24) is 4.98 Å². The van der Waals surface area contributed by atoms with E-state index in [4.69, 9.17) is 0 Å². The second kappa shape index (κ2) is 6.11. The fourth-order valence-electron chi connectivity index (χ4n) is 1.46. The smallest absolute Gasteiger partial charge is 0.263 e. The number of rotatable bonds is 4. The number of hydrogen-bond acceptors (Lipinski definition) is 4. The van der Waals surface area contributed by atoms with Crippen LogP contribution in [0, 0.1) is 0 Å². The van der Waals surface area contributed by atoms with Gasteiger partial charge in [-0.3, -0.25) is 4.72 Å². The fourth-order valence-corrected chi connectivity index (χ4v) is 3.76. The van der Waals surface area contributed by atoms with Crippen LogP contribution in [0.25, 0.3) is 0 Å². The molecule has 1 aromatic heterocycles. The maximum atomic E-state index is 12.2. The molecule has 0 bridgehead atoms. The molecule has 0 atom stereocenters. The average molecular weight is 421 g/mol. The van der Waals surface area contributed by atoms with Gasteiger partial charge < -0.3 is 5.32 Å². The second-order valence-corrected chi connectivity index (χ2v) is 7.31. The highest BCUT2D eigenvalue weighted by Gasteiger charge is 2.16. The predicted molar refractivity (Wildman–Crippen MR) is 86.4 cm³/mol. The maximum Gasteiger partial charge on any atom is 0.263 e. The number of anilines is 2. The van der Waals surface area contributed by atoms with Gasteiger partial charge in [-0.05, 0) is 46.3 Å². The number of pyridine rings is 1. The molecule has 0 aliphatic rings. The molecule has 106 valence electrons. The minimum absolute atomic E-state index is 0.103. The van der Waals surface area contributed by atoms with Crippen molar-refractivity contribution in [2.75, 3.05) is 17.1 Å². The van der Waals surface area contributed by atoms with Crippen molar-refractivity contribution in [2.45, 2.75) is 4.90 Å². The summed E-state index contributed by atoms with van der Waals surface area (Å²) in [6.45, 7) is 0. The van der Waals surface area contributed by atoms with Crippen molar-refractivity contribution in [3.63, 3.8) is 0 Å². The van der Waals surface area contributed by atoms with Gasteiger partial charge in [0.2, 0.25) is 0 Å². The number of nitrogens with one attached hydrogen (secondary N) is 2. The quantitative estimate of drug-likeness (QED) is 0.794. The Morgan fingerprint density at radius 2 is 1.90 bits per heavy atom. The Morgan fingerprint density at radius 1 is 1.15 bits per heavy atom. The van der Waals surface area contributed by atoms with Crippen LogP contribution in [0.3, 0.4) is 0 Å². The van der Waals surface area contributed by atoms with Crippen molar-refractivity contribution < 1.29 is 8.42 Å². The Morgan fingerprint density at radius 3 is 2.45 bits per heavy atom. The number of sulfonamides is 1. The van der Waals surface area contributed by atoms with Crippen molar-refractivity contribution in [3.8, 4) is 0 Å². The molecule has 1 aromatic carbocycles. The van der Waals surface area contributed by atoms with E-state index in [9.17, 15) is 8.42 Å². The van der Waals surface area contributed by atoms with Gasteiger partial charge in [-0.1, -0.05) is 15.9 Å². The summed E-state index contributed by atoms with van der Waals surface area (Å²) >= 11 is 6.63. The molecule has 0 saturated carbocycles. The van der Waals surface area contributed by atoms with E-state index in [-0.39, 0.29) is 4.90 Å². The van der Waals surface area contributed by atoms with Crippen LogP contribution in [-0.4, -0.2) is 20.4 Å². The lowest BCUT2D eigenvalue weighted by Crippen LogP contribution is -2.13. The van der Waals surface area contributed by atoms with E-state index in [1.54, 1.807) is 31.3 Å². The largest absolute Gasteiger partial charge is 0.373 e. The monoisotopic (exact) mass is 419 g/mol. The molecule has 2 aromatic rings. The van der Waals surface area contributed by atoms with Crippen LogP contribution in [0.2, 0.25) is 0 Å². The van der Waals surface area contributed by atoms with Gasteiger partial charge in [0.15, 0.2) is 0 Å². The van der Waals surface area contributed by atoms with Crippen LogP contribution >= 0.6 is 31.9 Å². The van der Waals surface area contributed by atoms with Crippen molar-refractivity contribution in [1.29, 1.82) is 0 Å². The summed E-state index contributed by atoms with van der Waals surface area (Å²) in [5.41, 5.74) is 0.464. The minimum Gasteiger partial charge on any atom is -0.373 e. The Labute approximate surface area is 134 Å². The summed E-state index contributed by atoms with van der Waals surface area (Å²) in [6, 6.07) is 8.28. The van der Waals surface area contributed by atoms with Crippen LogP contribution in [0.1, 0.15) is 0 Å². The lowest BCUT2D eigenvalue weighted by Gasteiger charge is -2.10. The number of nitrogens with zero attached hydrogens (tertiary/aromatic N) is 1. The molecule has 0 fully saturated rings. The molecule has 2 rings (SSSR count). The SMILES string of the molecule is CNc1ccc(S(=O)(=O)Nc2ccc(Br)cc2Br)cn1. The van der Waals surface area contributed by atoms with Crippen molar-refractivity contribution in [3.05, 3.63) is 45.5 Å². The molecule has 0 unspecified atom stereocenters. The molecular formula is C12H11Br2N3O2S. The average Bonchev–Trinajstić information content (AvgIpc) is 2.42. The van der Waals surface area contributed by atoms with E-state index < -0.39 is 10.0 Å². The zero-order chi connectivity index (χ0) is 14.8.